The van der Waals surface area contributed by atoms with Crippen molar-refractivity contribution in [3.05, 3.63) is 52.5 Å². The van der Waals surface area contributed by atoms with Crippen molar-refractivity contribution in [2.45, 2.75) is 25.8 Å². The first-order chi connectivity index (χ1) is 13.5. The number of hydrogen-bond acceptors (Lipinski definition) is 5. The summed E-state index contributed by atoms with van der Waals surface area (Å²) < 4.78 is 10.6. The Morgan fingerprint density at radius 2 is 1.89 bits per heavy atom. The molecule has 1 aliphatic rings. The van der Waals surface area contributed by atoms with Crippen molar-refractivity contribution in [2.75, 3.05) is 18.7 Å². The Kier molecular flexibility index (Phi) is 6.60. The summed E-state index contributed by atoms with van der Waals surface area (Å²) in [6, 6.07) is 10.6. The Balaban J connectivity index is 1.59. The van der Waals surface area contributed by atoms with Gasteiger partial charge in [0.25, 0.3) is 5.91 Å². The van der Waals surface area contributed by atoms with E-state index in [1.165, 1.54) is 0 Å². The summed E-state index contributed by atoms with van der Waals surface area (Å²) in [6.45, 7) is 1.10. The van der Waals surface area contributed by atoms with Crippen LogP contribution in [-0.4, -0.2) is 30.3 Å². The van der Waals surface area contributed by atoms with Crippen molar-refractivity contribution in [3.8, 4) is 11.5 Å². The summed E-state index contributed by atoms with van der Waals surface area (Å²) in [5, 5.41) is 15.2. The summed E-state index contributed by atoms with van der Waals surface area (Å²) in [5.41, 5.74) is 1.98. The Morgan fingerprint density at radius 3 is 2.71 bits per heavy atom. The van der Waals surface area contributed by atoms with Gasteiger partial charge in [0, 0.05) is 30.2 Å². The smallest absolute Gasteiger partial charge is 0.303 e. The number of fused-ring (bicyclic) bond motifs is 1. The SMILES string of the molecule is O=C(O)CCCCNc1ccc(Cl)cc1C(=O)NCc1ccc2c(c1)OCO2. The van der Waals surface area contributed by atoms with E-state index >= 15 is 0 Å². The molecule has 0 aromatic heterocycles. The number of hydrogen-bond donors (Lipinski definition) is 3. The van der Waals surface area contributed by atoms with Gasteiger partial charge in [0.2, 0.25) is 6.79 Å². The maximum atomic E-state index is 12.7. The zero-order valence-corrected chi connectivity index (χ0v) is 15.9. The van der Waals surface area contributed by atoms with Crippen LogP contribution in [0.4, 0.5) is 5.69 Å². The molecule has 148 valence electrons. The molecule has 0 saturated carbocycles. The van der Waals surface area contributed by atoms with Gasteiger partial charge in [0.15, 0.2) is 11.5 Å². The van der Waals surface area contributed by atoms with Crippen molar-refractivity contribution in [3.63, 3.8) is 0 Å². The van der Waals surface area contributed by atoms with E-state index in [0.29, 0.717) is 53.7 Å². The molecule has 0 radical (unpaired) electrons. The van der Waals surface area contributed by atoms with Crippen molar-refractivity contribution >= 4 is 29.2 Å². The van der Waals surface area contributed by atoms with E-state index in [4.69, 9.17) is 26.2 Å². The number of carboxylic acid groups (broad SMARTS) is 1. The number of carbonyl (C=O) groups excluding carboxylic acids is 1. The topological polar surface area (TPSA) is 96.9 Å². The number of anilines is 1. The van der Waals surface area contributed by atoms with Crippen molar-refractivity contribution in [1.29, 1.82) is 0 Å². The molecular weight excluding hydrogens is 384 g/mol. The Labute approximate surface area is 167 Å². The van der Waals surface area contributed by atoms with Gasteiger partial charge in [0.1, 0.15) is 0 Å². The van der Waals surface area contributed by atoms with Crippen LogP contribution in [0.25, 0.3) is 0 Å². The van der Waals surface area contributed by atoms with E-state index in [1.807, 2.05) is 18.2 Å². The number of rotatable bonds is 9. The summed E-state index contributed by atoms with van der Waals surface area (Å²) in [6.07, 6.45) is 1.39. The second-order valence-corrected chi connectivity index (χ2v) is 6.77. The summed E-state index contributed by atoms with van der Waals surface area (Å²) in [5.74, 6) is 0.292. The third-order valence-corrected chi connectivity index (χ3v) is 4.48. The van der Waals surface area contributed by atoms with Gasteiger partial charge >= 0.3 is 5.97 Å². The summed E-state index contributed by atoms with van der Waals surface area (Å²) >= 11 is 6.06. The van der Waals surface area contributed by atoms with Crippen LogP contribution in [-0.2, 0) is 11.3 Å². The average molecular weight is 405 g/mol. The zero-order chi connectivity index (χ0) is 19.9. The van der Waals surface area contributed by atoms with Crippen LogP contribution in [0, 0.1) is 0 Å². The molecule has 8 heteroatoms. The van der Waals surface area contributed by atoms with Crippen LogP contribution in [0.1, 0.15) is 35.2 Å². The number of benzene rings is 2. The highest BCUT2D eigenvalue weighted by Gasteiger charge is 2.15. The minimum Gasteiger partial charge on any atom is -0.481 e. The molecular formula is C20H21ClN2O5. The second kappa shape index (κ2) is 9.32. The molecule has 1 amide bonds. The molecule has 2 aromatic rings. The first kappa shape index (κ1) is 19.8. The number of aliphatic carboxylic acids is 1. The normalized spacial score (nSPS) is 11.9. The molecule has 1 aliphatic heterocycles. The van der Waals surface area contributed by atoms with Crippen molar-refractivity contribution in [2.24, 2.45) is 0 Å². The van der Waals surface area contributed by atoms with E-state index in [-0.39, 0.29) is 19.1 Å². The third kappa shape index (κ3) is 5.29. The first-order valence-electron chi connectivity index (χ1n) is 8.95. The molecule has 3 rings (SSSR count). The molecule has 7 nitrogen and oxygen atoms in total. The van der Waals surface area contributed by atoms with Gasteiger partial charge in [-0.15, -0.1) is 0 Å². The van der Waals surface area contributed by atoms with Gasteiger partial charge in [-0.05, 0) is 48.7 Å². The largest absolute Gasteiger partial charge is 0.481 e. The molecule has 0 atom stereocenters. The van der Waals surface area contributed by atoms with E-state index in [0.717, 1.165) is 5.56 Å². The molecule has 0 fully saturated rings. The van der Waals surface area contributed by atoms with Crippen LogP contribution in [0.15, 0.2) is 36.4 Å². The van der Waals surface area contributed by atoms with Gasteiger partial charge in [-0.25, -0.2) is 0 Å². The van der Waals surface area contributed by atoms with Crippen LogP contribution in [0.3, 0.4) is 0 Å². The molecule has 1 heterocycles. The summed E-state index contributed by atoms with van der Waals surface area (Å²) in [7, 11) is 0. The number of halogens is 1. The Hall–Kier alpha value is -2.93. The fourth-order valence-corrected chi connectivity index (χ4v) is 2.98. The molecule has 0 unspecified atom stereocenters. The standard InChI is InChI=1S/C20H21ClN2O5/c21-14-5-6-16(22-8-2-1-3-19(24)25)15(10-14)20(26)23-11-13-4-7-17-18(9-13)28-12-27-17/h4-7,9-10,22H,1-3,8,11-12H2,(H,23,26)(H,24,25). The number of nitrogens with one attached hydrogen (secondary N) is 2. The van der Waals surface area contributed by atoms with E-state index < -0.39 is 5.97 Å². The summed E-state index contributed by atoms with van der Waals surface area (Å²) in [4.78, 5) is 23.2. The predicted molar refractivity (Wildman–Crippen MR) is 105 cm³/mol. The van der Waals surface area contributed by atoms with Gasteiger partial charge in [-0.2, -0.15) is 0 Å². The number of carboxylic acids is 1. The molecule has 2 aromatic carbocycles. The number of amides is 1. The maximum Gasteiger partial charge on any atom is 0.303 e. The van der Waals surface area contributed by atoms with Crippen molar-refractivity contribution in [1.82, 2.24) is 5.32 Å². The highest BCUT2D eigenvalue weighted by Crippen LogP contribution is 2.32. The molecule has 0 spiro atoms. The molecule has 28 heavy (non-hydrogen) atoms. The predicted octanol–water partition coefficient (Wildman–Crippen LogP) is 3.67. The number of carbonyl (C=O) groups is 2. The lowest BCUT2D eigenvalue weighted by Crippen LogP contribution is -2.24. The van der Waals surface area contributed by atoms with E-state index in [1.54, 1.807) is 18.2 Å². The van der Waals surface area contributed by atoms with E-state index in [9.17, 15) is 9.59 Å². The minimum absolute atomic E-state index is 0.130. The average Bonchev–Trinajstić information content (AvgIpc) is 3.14. The fraction of sp³-hybridized carbons (Fsp3) is 0.300. The lowest BCUT2D eigenvalue weighted by atomic mass is 10.1. The quantitative estimate of drug-likeness (QED) is 0.552. The van der Waals surface area contributed by atoms with Crippen LogP contribution in [0.2, 0.25) is 5.02 Å². The first-order valence-corrected chi connectivity index (χ1v) is 9.32. The monoisotopic (exact) mass is 404 g/mol. The van der Waals surface area contributed by atoms with Gasteiger partial charge in [-0.1, -0.05) is 17.7 Å². The van der Waals surface area contributed by atoms with Gasteiger partial charge < -0.3 is 25.2 Å². The second-order valence-electron chi connectivity index (χ2n) is 6.34. The molecule has 0 bridgehead atoms. The fourth-order valence-electron chi connectivity index (χ4n) is 2.81. The Morgan fingerprint density at radius 1 is 1.07 bits per heavy atom. The maximum absolute atomic E-state index is 12.7. The van der Waals surface area contributed by atoms with Gasteiger partial charge in [0.05, 0.1) is 5.56 Å². The molecule has 0 saturated heterocycles. The van der Waals surface area contributed by atoms with Crippen molar-refractivity contribution < 1.29 is 24.2 Å². The van der Waals surface area contributed by atoms with Crippen LogP contribution in [0.5, 0.6) is 11.5 Å². The minimum atomic E-state index is -0.810. The molecule has 0 aliphatic carbocycles. The van der Waals surface area contributed by atoms with Gasteiger partial charge in [-0.3, -0.25) is 9.59 Å². The lowest BCUT2D eigenvalue weighted by molar-refractivity contribution is -0.137. The van der Waals surface area contributed by atoms with Crippen LogP contribution >= 0.6 is 11.6 Å². The number of unbranched alkanes of at least 4 members (excludes halogenated alkanes) is 1. The zero-order valence-electron chi connectivity index (χ0n) is 15.2. The molecule has 3 N–H and O–H groups in total. The van der Waals surface area contributed by atoms with Crippen LogP contribution < -0.4 is 20.1 Å². The van der Waals surface area contributed by atoms with E-state index in [2.05, 4.69) is 10.6 Å². The lowest BCUT2D eigenvalue weighted by Gasteiger charge is -2.13. The highest BCUT2D eigenvalue weighted by molar-refractivity contribution is 6.31. The highest BCUT2D eigenvalue weighted by atomic mass is 35.5. The third-order valence-electron chi connectivity index (χ3n) is 4.25. The Bertz CT molecular complexity index is 872. The number of ether oxygens (including phenoxy) is 2.